The van der Waals surface area contributed by atoms with E-state index in [2.05, 4.69) is 41.3 Å². The van der Waals surface area contributed by atoms with Gasteiger partial charge in [0.1, 0.15) is 0 Å². The Morgan fingerprint density at radius 2 is 1.95 bits per heavy atom. The number of rotatable bonds is 5. The quantitative estimate of drug-likeness (QED) is 0.443. The van der Waals surface area contributed by atoms with Crippen LogP contribution in [-0.4, -0.2) is 10.9 Å². The number of nitrogens with two attached hydrogens (primary N) is 1. The Kier molecular flexibility index (Phi) is 7.87. The number of pyridine rings is 1. The van der Waals surface area contributed by atoms with Crippen molar-refractivity contribution in [1.29, 1.82) is 0 Å². The Labute approximate surface area is 149 Å². The van der Waals surface area contributed by atoms with Crippen LogP contribution < -0.4 is 11.1 Å². The Morgan fingerprint density at radius 3 is 2.55 bits per heavy atom. The van der Waals surface area contributed by atoms with Crippen molar-refractivity contribution >= 4 is 35.6 Å². The molecule has 2 rings (SSSR count). The van der Waals surface area contributed by atoms with E-state index in [4.69, 9.17) is 5.73 Å². The van der Waals surface area contributed by atoms with E-state index < -0.39 is 0 Å². The fourth-order valence-electron chi connectivity index (χ4n) is 1.98. The second kappa shape index (κ2) is 9.40. The number of aromatic nitrogens is 1. The molecule has 0 radical (unpaired) electrons. The van der Waals surface area contributed by atoms with E-state index in [1.54, 1.807) is 6.20 Å². The summed E-state index contributed by atoms with van der Waals surface area (Å²) in [5.74, 6) is 0.978. The zero-order chi connectivity index (χ0) is 15.1. The molecule has 5 heteroatoms. The number of benzene rings is 1. The van der Waals surface area contributed by atoms with Crippen molar-refractivity contribution in [2.75, 3.05) is 5.32 Å². The summed E-state index contributed by atoms with van der Waals surface area (Å²) in [6.07, 6.45) is 2.89. The lowest BCUT2D eigenvalue weighted by atomic mass is 9.99. The second-order valence-electron chi connectivity index (χ2n) is 5.08. The van der Waals surface area contributed by atoms with Gasteiger partial charge in [-0.2, -0.15) is 0 Å². The van der Waals surface area contributed by atoms with Crippen LogP contribution in [0.1, 0.15) is 37.4 Å². The molecule has 0 bridgehead atoms. The molecule has 1 heterocycles. The molecule has 0 spiro atoms. The van der Waals surface area contributed by atoms with Crippen molar-refractivity contribution in [2.45, 2.75) is 32.7 Å². The molecule has 1 aromatic carbocycles. The Bertz CT molecular complexity index is 581. The van der Waals surface area contributed by atoms with E-state index in [0.29, 0.717) is 18.4 Å². The summed E-state index contributed by atoms with van der Waals surface area (Å²) < 4.78 is 0. The summed E-state index contributed by atoms with van der Waals surface area (Å²) in [6.45, 7) is 4.90. The van der Waals surface area contributed by atoms with Crippen molar-refractivity contribution in [3.8, 4) is 0 Å². The Balaban J connectivity index is 0.00000242. The van der Waals surface area contributed by atoms with Crippen LogP contribution in [-0.2, 0) is 6.54 Å². The van der Waals surface area contributed by atoms with Gasteiger partial charge in [0.25, 0.3) is 0 Å². The molecule has 0 aliphatic heterocycles. The van der Waals surface area contributed by atoms with Crippen LogP contribution in [0.5, 0.6) is 0 Å². The smallest absolute Gasteiger partial charge is 0.193 e. The number of guanidine groups is 1. The standard InChI is InChI=1S/C17H22N4.HI/c1-3-13(2)14-7-9-15(10-8-14)21-17(18)20-12-16-6-4-5-11-19-16;/h4-11,13H,3,12H2,1-2H3,(H3,18,20,21);1H. The summed E-state index contributed by atoms with van der Waals surface area (Å²) in [4.78, 5) is 8.49. The van der Waals surface area contributed by atoms with Crippen molar-refractivity contribution in [3.05, 3.63) is 59.9 Å². The van der Waals surface area contributed by atoms with Gasteiger partial charge in [-0.05, 0) is 42.2 Å². The summed E-state index contributed by atoms with van der Waals surface area (Å²) >= 11 is 0. The van der Waals surface area contributed by atoms with Crippen LogP contribution in [0.4, 0.5) is 5.69 Å². The fourth-order valence-corrected chi connectivity index (χ4v) is 1.98. The number of aliphatic imine (C=N–C) groups is 1. The molecule has 2 aromatic rings. The van der Waals surface area contributed by atoms with Gasteiger partial charge in [-0.25, -0.2) is 4.99 Å². The van der Waals surface area contributed by atoms with Gasteiger partial charge in [0.2, 0.25) is 0 Å². The average molecular weight is 410 g/mol. The molecule has 118 valence electrons. The average Bonchev–Trinajstić information content (AvgIpc) is 2.54. The van der Waals surface area contributed by atoms with Crippen molar-refractivity contribution in [3.63, 3.8) is 0 Å². The van der Waals surface area contributed by atoms with Gasteiger partial charge in [0.05, 0.1) is 12.2 Å². The highest BCUT2D eigenvalue weighted by Crippen LogP contribution is 2.20. The van der Waals surface area contributed by atoms with E-state index in [9.17, 15) is 0 Å². The lowest BCUT2D eigenvalue weighted by Gasteiger charge is -2.10. The molecular weight excluding hydrogens is 387 g/mol. The van der Waals surface area contributed by atoms with Crippen molar-refractivity contribution < 1.29 is 0 Å². The first-order chi connectivity index (χ1) is 10.2. The summed E-state index contributed by atoms with van der Waals surface area (Å²) in [5.41, 5.74) is 9.07. The first kappa shape index (κ1) is 18.4. The number of halogens is 1. The van der Waals surface area contributed by atoms with Crippen LogP contribution in [0.2, 0.25) is 0 Å². The van der Waals surface area contributed by atoms with Gasteiger partial charge in [0, 0.05) is 11.9 Å². The maximum absolute atomic E-state index is 5.89. The maximum Gasteiger partial charge on any atom is 0.193 e. The molecule has 0 aliphatic rings. The maximum atomic E-state index is 5.89. The molecule has 0 fully saturated rings. The summed E-state index contributed by atoms with van der Waals surface area (Å²) in [7, 11) is 0. The minimum Gasteiger partial charge on any atom is -0.370 e. The first-order valence-corrected chi connectivity index (χ1v) is 7.26. The fraction of sp³-hybridized carbons (Fsp3) is 0.294. The number of anilines is 1. The molecule has 0 amide bonds. The summed E-state index contributed by atoms with van der Waals surface area (Å²) in [5, 5.41) is 3.10. The Hall–Kier alpha value is -1.63. The van der Waals surface area contributed by atoms with Gasteiger partial charge < -0.3 is 11.1 Å². The van der Waals surface area contributed by atoms with Crippen LogP contribution in [0.15, 0.2) is 53.7 Å². The monoisotopic (exact) mass is 410 g/mol. The molecule has 0 saturated carbocycles. The van der Waals surface area contributed by atoms with E-state index >= 15 is 0 Å². The van der Waals surface area contributed by atoms with Crippen molar-refractivity contribution in [2.24, 2.45) is 10.7 Å². The van der Waals surface area contributed by atoms with Gasteiger partial charge in [0.15, 0.2) is 5.96 Å². The van der Waals surface area contributed by atoms with Crippen LogP contribution in [0.3, 0.4) is 0 Å². The highest BCUT2D eigenvalue weighted by molar-refractivity contribution is 14.0. The topological polar surface area (TPSA) is 63.3 Å². The molecule has 1 aromatic heterocycles. The lowest BCUT2D eigenvalue weighted by Crippen LogP contribution is -2.22. The molecular formula is C17H23IN4. The van der Waals surface area contributed by atoms with E-state index in [-0.39, 0.29) is 24.0 Å². The van der Waals surface area contributed by atoms with Crippen LogP contribution in [0.25, 0.3) is 0 Å². The zero-order valence-electron chi connectivity index (χ0n) is 13.0. The molecule has 3 N–H and O–H groups in total. The van der Waals surface area contributed by atoms with E-state index in [1.165, 1.54) is 5.56 Å². The third-order valence-electron chi connectivity index (χ3n) is 3.50. The third kappa shape index (κ3) is 5.63. The van der Waals surface area contributed by atoms with Crippen LogP contribution >= 0.6 is 24.0 Å². The zero-order valence-corrected chi connectivity index (χ0v) is 15.3. The normalized spacial score (nSPS) is 12.4. The predicted molar refractivity (Wildman–Crippen MR) is 104 cm³/mol. The van der Waals surface area contributed by atoms with Crippen LogP contribution in [0, 0.1) is 0 Å². The third-order valence-corrected chi connectivity index (χ3v) is 3.50. The molecule has 0 aliphatic carbocycles. The van der Waals surface area contributed by atoms with Crippen molar-refractivity contribution in [1.82, 2.24) is 4.98 Å². The van der Waals surface area contributed by atoms with E-state index in [0.717, 1.165) is 17.8 Å². The molecule has 22 heavy (non-hydrogen) atoms. The second-order valence-corrected chi connectivity index (χ2v) is 5.08. The molecule has 4 nitrogen and oxygen atoms in total. The predicted octanol–water partition coefficient (Wildman–Crippen LogP) is 4.14. The van der Waals surface area contributed by atoms with Gasteiger partial charge in [-0.3, -0.25) is 4.98 Å². The number of hydrogen-bond donors (Lipinski definition) is 2. The highest BCUT2D eigenvalue weighted by atomic mass is 127. The molecule has 1 atom stereocenters. The largest absolute Gasteiger partial charge is 0.370 e. The van der Waals surface area contributed by atoms with Gasteiger partial charge in [-0.15, -0.1) is 24.0 Å². The lowest BCUT2D eigenvalue weighted by molar-refractivity contribution is 0.734. The molecule has 1 unspecified atom stereocenters. The Morgan fingerprint density at radius 1 is 1.23 bits per heavy atom. The highest BCUT2D eigenvalue weighted by Gasteiger charge is 2.02. The van der Waals surface area contributed by atoms with E-state index in [1.807, 2.05) is 30.3 Å². The van der Waals surface area contributed by atoms with Gasteiger partial charge in [-0.1, -0.05) is 32.0 Å². The van der Waals surface area contributed by atoms with Gasteiger partial charge >= 0.3 is 0 Å². The number of nitrogens with zero attached hydrogens (tertiary/aromatic N) is 2. The SMILES string of the molecule is CCC(C)c1ccc(NC(N)=NCc2ccccn2)cc1.I. The first-order valence-electron chi connectivity index (χ1n) is 7.26. The summed E-state index contributed by atoms with van der Waals surface area (Å²) in [6, 6.07) is 14.1. The number of nitrogens with one attached hydrogen (secondary N) is 1. The number of hydrogen-bond acceptors (Lipinski definition) is 2. The minimum absolute atomic E-state index is 0. The molecule has 0 saturated heterocycles. The minimum atomic E-state index is 0.